The Morgan fingerprint density at radius 3 is 2.52 bits per heavy atom. The summed E-state index contributed by atoms with van der Waals surface area (Å²) in [5.74, 6) is 1.46. The highest BCUT2D eigenvalue weighted by Crippen LogP contribution is 2.32. The summed E-state index contributed by atoms with van der Waals surface area (Å²) in [4.78, 5) is 28.4. The molecule has 6 heteroatoms. The molecule has 0 aromatic heterocycles. The number of nitrogens with one attached hydrogen (secondary N) is 1. The van der Waals surface area contributed by atoms with E-state index in [-0.39, 0.29) is 24.6 Å². The molecule has 1 aliphatic carbocycles. The van der Waals surface area contributed by atoms with E-state index in [0.29, 0.717) is 25.8 Å². The van der Waals surface area contributed by atoms with Crippen molar-refractivity contribution in [3.63, 3.8) is 0 Å². The average molecular weight is 451 g/mol. The number of rotatable bonds is 10. The van der Waals surface area contributed by atoms with Crippen molar-refractivity contribution in [2.45, 2.75) is 70.4 Å². The molecule has 0 spiro atoms. The van der Waals surface area contributed by atoms with Crippen LogP contribution in [-0.4, -0.2) is 42.1 Å². The minimum Gasteiger partial charge on any atom is -0.454 e. The lowest BCUT2D eigenvalue weighted by atomic mass is 10.0. The van der Waals surface area contributed by atoms with Crippen LogP contribution in [0, 0.1) is 0 Å². The van der Waals surface area contributed by atoms with E-state index in [9.17, 15) is 9.59 Å². The van der Waals surface area contributed by atoms with Gasteiger partial charge in [-0.05, 0) is 55.4 Å². The van der Waals surface area contributed by atoms with Gasteiger partial charge in [-0.1, -0.05) is 56.2 Å². The van der Waals surface area contributed by atoms with Gasteiger partial charge in [0.05, 0.1) is 0 Å². The SMILES string of the molecule is CCC(C(=O)NC1CCCC1)N(CCc1ccccc1)C(=O)CCc1ccc2c(c1)OCO2. The summed E-state index contributed by atoms with van der Waals surface area (Å²) in [5.41, 5.74) is 2.19. The smallest absolute Gasteiger partial charge is 0.243 e. The number of amides is 2. The Labute approximate surface area is 196 Å². The van der Waals surface area contributed by atoms with Gasteiger partial charge >= 0.3 is 0 Å². The number of benzene rings is 2. The first-order valence-corrected chi connectivity index (χ1v) is 12.2. The number of hydrogen-bond donors (Lipinski definition) is 1. The van der Waals surface area contributed by atoms with Crippen LogP contribution in [-0.2, 0) is 22.4 Å². The number of carbonyl (C=O) groups is 2. The van der Waals surface area contributed by atoms with Gasteiger partial charge in [-0.3, -0.25) is 9.59 Å². The van der Waals surface area contributed by atoms with Gasteiger partial charge in [0.25, 0.3) is 0 Å². The third-order valence-electron chi connectivity index (χ3n) is 6.64. The molecule has 1 N–H and O–H groups in total. The predicted molar refractivity (Wildman–Crippen MR) is 127 cm³/mol. The van der Waals surface area contributed by atoms with E-state index in [4.69, 9.17) is 9.47 Å². The summed E-state index contributed by atoms with van der Waals surface area (Å²) >= 11 is 0. The molecule has 2 amide bonds. The van der Waals surface area contributed by atoms with Crippen molar-refractivity contribution >= 4 is 11.8 Å². The van der Waals surface area contributed by atoms with E-state index < -0.39 is 6.04 Å². The normalized spacial score (nSPS) is 15.9. The number of carbonyl (C=O) groups excluding carboxylic acids is 2. The molecule has 1 aliphatic heterocycles. The first-order chi connectivity index (χ1) is 16.1. The van der Waals surface area contributed by atoms with Crippen LogP contribution in [0.25, 0.3) is 0 Å². The summed E-state index contributed by atoms with van der Waals surface area (Å²) in [7, 11) is 0. The van der Waals surface area contributed by atoms with E-state index in [2.05, 4.69) is 17.4 Å². The summed E-state index contributed by atoms with van der Waals surface area (Å²) in [6, 6.07) is 15.7. The quantitative estimate of drug-likeness (QED) is 0.587. The van der Waals surface area contributed by atoms with Crippen molar-refractivity contribution in [2.24, 2.45) is 0 Å². The van der Waals surface area contributed by atoms with Crippen LogP contribution in [0.1, 0.15) is 56.6 Å². The molecule has 1 fully saturated rings. The second-order valence-electron chi connectivity index (χ2n) is 8.92. The number of fused-ring (bicyclic) bond motifs is 1. The Morgan fingerprint density at radius 2 is 1.76 bits per heavy atom. The van der Waals surface area contributed by atoms with Gasteiger partial charge in [0.15, 0.2) is 11.5 Å². The Kier molecular flexibility index (Phi) is 7.87. The van der Waals surface area contributed by atoms with Gasteiger partial charge in [-0.25, -0.2) is 0 Å². The highest BCUT2D eigenvalue weighted by atomic mass is 16.7. The fourth-order valence-electron chi connectivity index (χ4n) is 4.75. The van der Waals surface area contributed by atoms with Crippen LogP contribution in [0.3, 0.4) is 0 Å². The molecule has 0 saturated heterocycles. The van der Waals surface area contributed by atoms with E-state index >= 15 is 0 Å². The van der Waals surface area contributed by atoms with Crippen LogP contribution in [0.4, 0.5) is 0 Å². The Bertz CT molecular complexity index is 940. The first kappa shape index (κ1) is 23.1. The molecular weight excluding hydrogens is 416 g/mol. The summed E-state index contributed by atoms with van der Waals surface area (Å²) < 4.78 is 10.8. The van der Waals surface area contributed by atoms with Crippen LogP contribution in [0.15, 0.2) is 48.5 Å². The monoisotopic (exact) mass is 450 g/mol. The molecule has 1 atom stereocenters. The molecule has 1 heterocycles. The van der Waals surface area contributed by atoms with Crippen molar-refractivity contribution in [1.82, 2.24) is 10.2 Å². The third kappa shape index (κ3) is 6.06. The summed E-state index contributed by atoms with van der Waals surface area (Å²) in [5, 5.41) is 3.20. The van der Waals surface area contributed by atoms with Crippen LogP contribution < -0.4 is 14.8 Å². The molecule has 1 unspecified atom stereocenters. The van der Waals surface area contributed by atoms with E-state index in [1.165, 1.54) is 0 Å². The van der Waals surface area contributed by atoms with Gasteiger partial charge < -0.3 is 19.7 Å². The van der Waals surface area contributed by atoms with Gasteiger partial charge in [0.2, 0.25) is 18.6 Å². The van der Waals surface area contributed by atoms with E-state index in [0.717, 1.165) is 54.7 Å². The minimum atomic E-state index is -0.446. The molecule has 0 radical (unpaired) electrons. The maximum absolute atomic E-state index is 13.4. The highest BCUT2D eigenvalue weighted by Gasteiger charge is 2.30. The van der Waals surface area contributed by atoms with E-state index in [1.807, 2.05) is 43.3 Å². The lowest BCUT2D eigenvalue weighted by molar-refractivity contribution is -0.141. The van der Waals surface area contributed by atoms with Crippen molar-refractivity contribution < 1.29 is 19.1 Å². The molecule has 6 nitrogen and oxygen atoms in total. The van der Waals surface area contributed by atoms with Gasteiger partial charge in [0.1, 0.15) is 6.04 Å². The molecule has 2 aliphatic rings. The zero-order valence-corrected chi connectivity index (χ0v) is 19.4. The predicted octanol–water partition coefficient (Wildman–Crippen LogP) is 4.26. The molecule has 2 aromatic carbocycles. The van der Waals surface area contributed by atoms with E-state index in [1.54, 1.807) is 4.90 Å². The van der Waals surface area contributed by atoms with Crippen LogP contribution in [0.2, 0.25) is 0 Å². The molecule has 4 rings (SSSR count). The number of nitrogens with zero attached hydrogens (tertiary/aromatic N) is 1. The van der Waals surface area contributed by atoms with Crippen molar-refractivity contribution in [3.8, 4) is 11.5 Å². The molecule has 0 bridgehead atoms. The second-order valence-corrected chi connectivity index (χ2v) is 8.92. The Hall–Kier alpha value is -3.02. The Balaban J connectivity index is 1.43. The fraction of sp³-hybridized carbons (Fsp3) is 0.481. The summed E-state index contributed by atoms with van der Waals surface area (Å²) in [6.07, 6.45) is 6.66. The first-order valence-electron chi connectivity index (χ1n) is 12.2. The van der Waals surface area contributed by atoms with Crippen molar-refractivity contribution in [2.75, 3.05) is 13.3 Å². The fourth-order valence-corrected chi connectivity index (χ4v) is 4.75. The maximum Gasteiger partial charge on any atom is 0.243 e. The van der Waals surface area contributed by atoms with Gasteiger partial charge in [-0.15, -0.1) is 0 Å². The molecule has 176 valence electrons. The molecule has 2 aromatic rings. The van der Waals surface area contributed by atoms with Crippen molar-refractivity contribution in [3.05, 3.63) is 59.7 Å². The average Bonchev–Trinajstić information content (AvgIpc) is 3.52. The van der Waals surface area contributed by atoms with Crippen LogP contribution in [0.5, 0.6) is 11.5 Å². The zero-order valence-electron chi connectivity index (χ0n) is 19.4. The number of hydrogen-bond acceptors (Lipinski definition) is 4. The van der Waals surface area contributed by atoms with Crippen molar-refractivity contribution in [1.29, 1.82) is 0 Å². The van der Waals surface area contributed by atoms with Crippen LogP contribution >= 0.6 is 0 Å². The molecule has 1 saturated carbocycles. The lowest BCUT2D eigenvalue weighted by Crippen LogP contribution is -2.51. The maximum atomic E-state index is 13.4. The summed E-state index contributed by atoms with van der Waals surface area (Å²) in [6.45, 7) is 2.75. The molecule has 33 heavy (non-hydrogen) atoms. The van der Waals surface area contributed by atoms with Gasteiger partial charge in [0, 0.05) is 19.0 Å². The second kappa shape index (κ2) is 11.2. The highest BCUT2D eigenvalue weighted by molar-refractivity contribution is 5.88. The third-order valence-corrected chi connectivity index (χ3v) is 6.64. The lowest BCUT2D eigenvalue weighted by Gasteiger charge is -2.31. The topological polar surface area (TPSA) is 67.9 Å². The zero-order chi connectivity index (χ0) is 23.0. The minimum absolute atomic E-state index is 0.0111. The van der Waals surface area contributed by atoms with Gasteiger partial charge in [-0.2, -0.15) is 0 Å². The molecular formula is C27H34N2O4. The number of aryl methyl sites for hydroxylation is 1. The largest absolute Gasteiger partial charge is 0.454 e. The number of ether oxygens (including phenoxy) is 2. The standard InChI is InChI=1S/C27H34N2O4/c1-2-23(27(31)28-22-10-6-7-11-22)29(17-16-20-8-4-3-5-9-20)26(30)15-13-21-12-14-24-25(18-21)33-19-32-24/h3-5,8-9,12,14,18,22-23H,2,6-7,10-11,13,15-17,19H2,1H3,(H,28,31). The Morgan fingerprint density at radius 1 is 1.00 bits per heavy atom.